The van der Waals surface area contributed by atoms with Crippen LogP contribution in [0.15, 0.2) is 29.0 Å². The van der Waals surface area contributed by atoms with Gasteiger partial charge in [-0.15, -0.1) is 0 Å². The van der Waals surface area contributed by atoms with E-state index >= 15 is 0 Å². The Balaban J connectivity index is 2.67. The van der Waals surface area contributed by atoms with Gasteiger partial charge in [-0.1, -0.05) is 29.8 Å². The van der Waals surface area contributed by atoms with E-state index < -0.39 is 0 Å². The highest BCUT2D eigenvalue weighted by atomic mass is 79.9. The zero-order valence-electron chi connectivity index (χ0n) is 11.7. The Kier molecular flexibility index (Phi) is 4.70. The topological polar surface area (TPSA) is 37.8 Å². The van der Waals surface area contributed by atoms with Crippen molar-refractivity contribution in [2.75, 3.05) is 11.9 Å². The standard InChI is InChI=1S/C15H17BrFN3/c1-4-18-15-13(9(2)3)14(19-8-20-15)11-7-10(16)5-6-12(11)17/h5-9H,4H2,1-3H3,(H,18,19,20). The summed E-state index contributed by atoms with van der Waals surface area (Å²) in [5.41, 5.74) is 2.07. The molecule has 5 heteroatoms. The quantitative estimate of drug-likeness (QED) is 0.885. The van der Waals surface area contributed by atoms with E-state index in [9.17, 15) is 4.39 Å². The van der Waals surface area contributed by atoms with Gasteiger partial charge in [-0.25, -0.2) is 14.4 Å². The van der Waals surface area contributed by atoms with Crippen LogP contribution in [0.25, 0.3) is 11.3 Å². The van der Waals surface area contributed by atoms with Crippen LogP contribution in [0.4, 0.5) is 10.2 Å². The largest absolute Gasteiger partial charge is 0.370 e. The molecule has 20 heavy (non-hydrogen) atoms. The Morgan fingerprint density at radius 1 is 1.30 bits per heavy atom. The lowest BCUT2D eigenvalue weighted by atomic mass is 9.97. The van der Waals surface area contributed by atoms with Crippen molar-refractivity contribution in [3.63, 3.8) is 0 Å². The smallest absolute Gasteiger partial charge is 0.133 e. The second-order valence-corrected chi connectivity index (χ2v) is 5.71. The number of aromatic nitrogens is 2. The van der Waals surface area contributed by atoms with Crippen LogP contribution in [0.5, 0.6) is 0 Å². The Hall–Kier alpha value is -1.49. The van der Waals surface area contributed by atoms with Gasteiger partial charge in [-0.2, -0.15) is 0 Å². The fourth-order valence-electron chi connectivity index (χ4n) is 2.14. The highest BCUT2D eigenvalue weighted by Gasteiger charge is 2.18. The normalized spacial score (nSPS) is 10.9. The Morgan fingerprint density at radius 2 is 2.05 bits per heavy atom. The Morgan fingerprint density at radius 3 is 2.70 bits per heavy atom. The maximum absolute atomic E-state index is 14.1. The van der Waals surface area contributed by atoms with E-state index in [1.54, 1.807) is 12.1 Å². The molecular weight excluding hydrogens is 321 g/mol. The lowest BCUT2D eigenvalue weighted by molar-refractivity contribution is 0.630. The lowest BCUT2D eigenvalue weighted by Crippen LogP contribution is -2.08. The lowest BCUT2D eigenvalue weighted by Gasteiger charge is -2.17. The summed E-state index contributed by atoms with van der Waals surface area (Å²) in [6.07, 6.45) is 1.47. The molecule has 106 valence electrons. The molecule has 1 aromatic heterocycles. The Bertz CT molecular complexity index is 614. The van der Waals surface area contributed by atoms with Crippen molar-refractivity contribution in [1.29, 1.82) is 0 Å². The number of nitrogens with one attached hydrogen (secondary N) is 1. The van der Waals surface area contributed by atoms with Crippen LogP contribution < -0.4 is 5.32 Å². The number of rotatable bonds is 4. The highest BCUT2D eigenvalue weighted by Crippen LogP contribution is 2.34. The molecule has 0 saturated heterocycles. The number of benzene rings is 1. The fraction of sp³-hybridized carbons (Fsp3) is 0.333. The first-order valence-electron chi connectivity index (χ1n) is 6.58. The van der Waals surface area contributed by atoms with Crippen molar-refractivity contribution in [2.45, 2.75) is 26.7 Å². The predicted octanol–water partition coefficient (Wildman–Crippen LogP) is 4.60. The molecule has 0 aliphatic carbocycles. The number of halogens is 2. The van der Waals surface area contributed by atoms with Gasteiger partial charge in [0.25, 0.3) is 0 Å². The molecule has 0 atom stereocenters. The van der Waals surface area contributed by atoms with Gasteiger partial charge in [-0.05, 0) is 31.0 Å². The van der Waals surface area contributed by atoms with Gasteiger partial charge in [0.05, 0.1) is 5.69 Å². The molecule has 0 amide bonds. The van der Waals surface area contributed by atoms with Crippen LogP contribution in [0.1, 0.15) is 32.3 Å². The minimum Gasteiger partial charge on any atom is -0.370 e. The van der Waals surface area contributed by atoms with Gasteiger partial charge in [0.15, 0.2) is 0 Å². The maximum Gasteiger partial charge on any atom is 0.133 e. The fourth-order valence-corrected chi connectivity index (χ4v) is 2.51. The van der Waals surface area contributed by atoms with Gasteiger partial charge in [0.2, 0.25) is 0 Å². The van der Waals surface area contributed by atoms with E-state index in [2.05, 4.69) is 45.1 Å². The van der Waals surface area contributed by atoms with Crippen LogP contribution in [-0.4, -0.2) is 16.5 Å². The minimum atomic E-state index is -0.281. The zero-order valence-corrected chi connectivity index (χ0v) is 13.3. The third-order valence-electron chi connectivity index (χ3n) is 2.99. The summed E-state index contributed by atoms with van der Waals surface area (Å²) < 4.78 is 14.9. The number of anilines is 1. The van der Waals surface area contributed by atoms with E-state index in [1.165, 1.54) is 12.4 Å². The van der Waals surface area contributed by atoms with Crippen molar-refractivity contribution < 1.29 is 4.39 Å². The van der Waals surface area contributed by atoms with E-state index in [4.69, 9.17) is 0 Å². The number of nitrogens with zero attached hydrogens (tertiary/aromatic N) is 2. The molecule has 1 heterocycles. The van der Waals surface area contributed by atoms with Crippen LogP contribution in [0.3, 0.4) is 0 Å². The molecule has 0 bridgehead atoms. The first-order chi connectivity index (χ1) is 9.54. The predicted molar refractivity (Wildman–Crippen MR) is 83.4 cm³/mol. The van der Waals surface area contributed by atoms with E-state index in [-0.39, 0.29) is 11.7 Å². The summed E-state index contributed by atoms with van der Waals surface area (Å²) in [4.78, 5) is 8.57. The van der Waals surface area contributed by atoms with Crippen LogP contribution in [-0.2, 0) is 0 Å². The molecule has 0 spiro atoms. The van der Waals surface area contributed by atoms with Crippen molar-refractivity contribution in [3.8, 4) is 11.3 Å². The summed E-state index contributed by atoms with van der Waals surface area (Å²) in [7, 11) is 0. The van der Waals surface area contributed by atoms with Crippen molar-refractivity contribution in [2.24, 2.45) is 0 Å². The summed E-state index contributed by atoms with van der Waals surface area (Å²) in [5, 5.41) is 3.22. The molecule has 0 radical (unpaired) electrons. The number of hydrogen-bond donors (Lipinski definition) is 1. The van der Waals surface area contributed by atoms with Crippen LogP contribution in [0, 0.1) is 5.82 Å². The average molecular weight is 338 g/mol. The molecule has 2 rings (SSSR count). The summed E-state index contributed by atoms with van der Waals surface area (Å²) in [5.74, 6) is 0.682. The van der Waals surface area contributed by atoms with Crippen LogP contribution in [0.2, 0.25) is 0 Å². The highest BCUT2D eigenvalue weighted by molar-refractivity contribution is 9.10. The Labute approximate surface area is 126 Å². The van der Waals surface area contributed by atoms with Gasteiger partial charge in [-0.3, -0.25) is 0 Å². The minimum absolute atomic E-state index is 0.193. The molecule has 1 N–H and O–H groups in total. The molecule has 3 nitrogen and oxygen atoms in total. The number of hydrogen-bond acceptors (Lipinski definition) is 3. The second-order valence-electron chi connectivity index (χ2n) is 4.79. The second kappa shape index (κ2) is 6.31. The summed E-state index contributed by atoms with van der Waals surface area (Å²) in [6, 6.07) is 4.87. The van der Waals surface area contributed by atoms with E-state index in [0.29, 0.717) is 11.3 Å². The molecule has 1 aromatic carbocycles. The molecule has 0 aliphatic rings. The monoisotopic (exact) mass is 337 g/mol. The van der Waals surface area contributed by atoms with Gasteiger partial charge in [0, 0.05) is 22.1 Å². The molecule has 0 unspecified atom stereocenters. The molecule has 0 fully saturated rings. The van der Waals surface area contributed by atoms with E-state index in [0.717, 1.165) is 22.4 Å². The third kappa shape index (κ3) is 2.98. The molecule has 0 aliphatic heterocycles. The van der Waals surface area contributed by atoms with E-state index in [1.807, 2.05) is 6.92 Å². The zero-order chi connectivity index (χ0) is 14.7. The maximum atomic E-state index is 14.1. The molecular formula is C15H17BrFN3. The summed E-state index contributed by atoms with van der Waals surface area (Å²) in [6.45, 7) is 6.88. The summed E-state index contributed by atoms with van der Waals surface area (Å²) >= 11 is 3.38. The van der Waals surface area contributed by atoms with Crippen molar-refractivity contribution in [3.05, 3.63) is 40.4 Å². The first kappa shape index (κ1) is 14.9. The van der Waals surface area contributed by atoms with Crippen molar-refractivity contribution in [1.82, 2.24) is 9.97 Å². The average Bonchev–Trinajstić information content (AvgIpc) is 2.41. The first-order valence-corrected chi connectivity index (χ1v) is 7.38. The molecule has 2 aromatic rings. The van der Waals surface area contributed by atoms with Crippen LogP contribution >= 0.6 is 15.9 Å². The van der Waals surface area contributed by atoms with Gasteiger partial charge >= 0.3 is 0 Å². The third-order valence-corrected chi connectivity index (χ3v) is 3.48. The van der Waals surface area contributed by atoms with Crippen molar-refractivity contribution >= 4 is 21.7 Å². The SMILES string of the molecule is CCNc1ncnc(-c2cc(Br)ccc2F)c1C(C)C. The van der Waals surface area contributed by atoms with Gasteiger partial charge in [0.1, 0.15) is 18.0 Å². The molecule has 0 saturated carbocycles. The van der Waals surface area contributed by atoms with Gasteiger partial charge < -0.3 is 5.32 Å².